The second-order valence-electron chi connectivity index (χ2n) is 4.27. The molecule has 0 radical (unpaired) electrons. The van der Waals surface area contributed by atoms with Gasteiger partial charge in [-0.3, -0.25) is 4.79 Å². The van der Waals surface area contributed by atoms with Crippen molar-refractivity contribution in [3.05, 3.63) is 34.9 Å². The molecular weight excluding hydrogens is 202 g/mol. The molecule has 0 bridgehead atoms. The third-order valence-corrected chi connectivity index (χ3v) is 2.86. The molecule has 1 amide bonds. The Kier molecular flexibility index (Phi) is 4.07. The molecule has 1 atom stereocenters. The first-order valence-electron chi connectivity index (χ1n) is 5.42. The van der Waals surface area contributed by atoms with Gasteiger partial charge in [-0.15, -0.1) is 0 Å². The van der Waals surface area contributed by atoms with Crippen LogP contribution in [0.2, 0.25) is 0 Å². The average Bonchev–Trinajstić information content (AvgIpc) is 2.26. The van der Waals surface area contributed by atoms with E-state index in [1.165, 1.54) is 0 Å². The molecular formula is C13H19NO2. The van der Waals surface area contributed by atoms with Crippen molar-refractivity contribution < 1.29 is 9.90 Å². The Bertz CT molecular complexity index is 388. The van der Waals surface area contributed by atoms with Gasteiger partial charge in [-0.05, 0) is 32.4 Å². The summed E-state index contributed by atoms with van der Waals surface area (Å²) in [6.45, 7) is 5.73. The van der Waals surface area contributed by atoms with E-state index < -0.39 is 0 Å². The van der Waals surface area contributed by atoms with E-state index >= 15 is 0 Å². The Labute approximate surface area is 96.7 Å². The molecule has 1 unspecified atom stereocenters. The van der Waals surface area contributed by atoms with Crippen LogP contribution in [0.3, 0.4) is 0 Å². The molecule has 88 valence electrons. The third-order valence-electron chi connectivity index (χ3n) is 2.86. The van der Waals surface area contributed by atoms with E-state index in [0.29, 0.717) is 5.56 Å². The standard InChI is InChI=1S/C13H19NO2/c1-9-5-6-12(10(2)7-9)13(16)14(4)11(3)8-15/h5-7,11,15H,8H2,1-4H3. The molecule has 16 heavy (non-hydrogen) atoms. The van der Waals surface area contributed by atoms with E-state index in [0.717, 1.165) is 11.1 Å². The summed E-state index contributed by atoms with van der Waals surface area (Å²) in [6.07, 6.45) is 0. The smallest absolute Gasteiger partial charge is 0.254 e. The number of benzene rings is 1. The number of amides is 1. The molecule has 0 aromatic heterocycles. The monoisotopic (exact) mass is 221 g/mol. The highest BCUT2D eigenvalue weighted by Crippen LogP contribution is 2.13. The van der Waals surface area contributed by atoms with Crippen LogP contribution in [-0.4, -0.2) is 35.6 Å². The zero-order valence-corrected chi connectivity index (χ0v) is 10.3. The molecule has 0 aliphatic carbocycles. The third kappa shape index (κ3) is 2.61. The van der Waals surface area contributed by atoms with Crippen molar-refractivity contribution >= 4 is 5.91 Å². The van der Waals surface area contributed by atoms with Crippen molar-refractivity contribution in [2.45, 2.75) is 26.8 Å². The van der Waals surface area contributed by atoms with Gasteiger partial charge in [0, 0.05) is 12.6 Å². The van der Waals surface area contributed by atoms with Gasteiger partial charge in [0.1, 0.15) is 0 Å². The number of aliphatic hydroxyl groups is 1. The molecule has 1 aromatic carbocycles. The fourth-order valence-corrected chi connectivity index (χ4v) is 1.57. The van der Waals surface area contributed by atoms with Crippen LogP contribution in [-0.2, 0) is 0 Å². The average molecular weight is 221 g/mol. The van der Waals surface area contributed by atoms with Crippen LogP contribution in [0, 0.1) is 13.8 Å². The van der Waals surface area contributed by atoms with Crippen molar-refractivity contribution in [2.75, 3.05) is 13.7 Å². The minimum Gasteiger partial charge on any atom is -0.394 e. The van der Waals surface area contributed by atoms with Gasteiger partial charge in [-0.25, -0.2) is 0 Å². The fourth-order valence-electron chi connectivity index (χ4n) is 1.57. The quantitative estimate of drug-likeness (QED) is 0.845. The van der Waals surface area contributed by atoms with Gasteiger partial charge in [0.25, 0.3) is 5.91 Å². The molecule has 0 saturated heterocycles. The number of rotatable bonds is 3. The number of carbonyl (C=O) groups excluding carboxylic acids is 1. The molecule has 3 nitrogen and oxygen atoms in total. The van der Waals surface area contributed by atoms with Crippen LogP contribution in [0.25, 0.3) is 0 Å². The second-order valence-corrected chi connectivity index (χ2v) is 4.27. The lowest BCUT2D eigenvalue weighted by Crippen LogP contribution is -2.37. The maximum absolute atomic E-state index is 12.1. The Balaban J connectivity index is 2.96. The normalized spacial score (nSPS) is 12.3. The molecule has 0 saturated carbocycles. The first kappa shape index (κ1) is 12.7. The highest BCUT2D eigenvalue weighted by atomic mass is 16.3. The molecule has 0 aliphatic rings. The van der Waals surface area contributed by atoms with E-state index in [9.17, 15) is 4.79 Å². The fraction of sp³-hybridized carbons (Fsp3) is 0.462. The highest BCUT2D eigenvalue weighted by molar-refractivity contribution is 5.95. The zero-order valence-electron chi connectivity index (χ0n) is 10.3. The van der Waals surface area contributed by atoms with Crippen LogP contribution in [0.15, 0.2) is 18.2 Å². The predicted molar refractivity (Wildman–Crippen MR) is 64.6 cm³/mol. The maximum atomic E-state index is 12.1. The van der Waals surface area contributed by atoms with Crippen molar-refractivity contribution in [3.8, 4) is 0 Å². The number of hydrogen-bond donors (Lipinski definition) is 1. The zero-order chi connectivity index (χ0) is 12.3. The van der Waals surface area contributed by atoms with Crippen molar-refractivity contribution in [1.29, 1.82) is 0 Å². The topological polar surface area (TPSA) is 40.5 Å². The van der Waals surface area contributed by atoms with E-state index in [-0.39, 0.29) is 18.6 Å². The summed E-state index contributed by atoms with van der Waals surface area (Å²) >= 11 is 0. The van der Waals surface area contributed by atoms with E-state index in [2.05, 4.69) is 0 Å². The van der Waals surface area contributed by atoms with Crippen LogP contribution >= 0.6 is 0 Å². The van der Waals surface area contributed by atoms with E-state index in [4.69, 9.17) is 5.11 Å². The summed E-state index contributed by atoms with van der Waals surface area (Å²) in [5.41, 5.74) is 2.82. The lowest BCUT2D eigenvalue weighted by molar-refractivity contribution is 0.0681. The number of hydrogen-bond acceptors (Lipinski definition) is 2. The van der Waals surface area contributed by atoms with Gasteiger partial charge < -0.3 is 10.0 Å². The molecule has 1 N–H and O–H groups in total. The molecule has 1 rings (SSSR count). The number of likely N-dealkylation sites (N-methyl/N-ethyl adjacent to an activating group) is 1. The number of aliphatic hydroxyl groups excluding tert-OH is 1. The maximum Gasteiger partial charge on any atom is 0.254 e. The van der Waals surface area contributed by atoms with Crippen LogP contribution in [0.4, 0.5) is 0 Å². The van der Waals surface area contributed by atoms with Crippen molar-refractivity contribution in [3.63, 3.8) is 0 Å². The Morgan fingerprint density at radius 3 is 2.56 bits per heavy atom. The lowest BCUT2D eigenvalue weighted by Gasteiger charge is -2.24. The second kappa shape index (κ2) is 5.12. The van der Waals surface area contributed by atoms with Crippen LogP contribution in [0.1, 0.15) is 28.4 Å². The predicted octanol–water partition coefficient (Wildman–Crippen LogP) is 1.76. The summed E-state index contributed by atoms with van der Waals surface area (Å²) in [6, 6.07) is 5.60. The van der Waals surface area contributed by atoms with Gasteiger partial charge >= 0.3 is 0 Å². The summed E-state index contributed by atoms with van der Waals surface area (Å²) in [7, 11) is 1.71. The summed E-state index contributed by atoms with van der Waals surface area (Å²) in [5.74, 6) is -0.0425. The lowest BCUT2D eigenvalue weighted by atomic mass is 10.0. The summed E-state index contributed by atoms with van der Waals surface area (Å²) in [5, 5.41) is 9.02. The first-order chi connectivity index (χ1) is 7.47. The number of carbonyl (C=O) groups is 1. The molecule has 0 heterocycles. The Morgan fingerprint density at radius 1 is 1.44 bits per heavy atom. The van der Waals surface area contributed by atoms with Crippen LogP contribution in [0.5, 0.6) is 0 Å². The molecule has 3 heteroatoms. The molecule has 0 spiro atoms. The summed E-state index contributed by atoms with van der Waals surface area (Å²) in [4.78, 5) is 13.7. The van der Waals surface area contributed by atoms with Gasteiger partial charge in [-0.1, -0.05) is 17.7 Å². The molecule has 0 aliphatic heterocycles. The van der Waals surface area contributed by atoms with E-state index in [1.807, 2.05) is 39.0 Å². The Morgan fingerprint density at radius 2 is 2.06 bits per heavy atom. The molecule has 0 fully saturated rings. The minimum absolute atomic E-state index is 0.0207. The van der Waals surface area contributed by atoms with Gasteiger partial charge in [0.05, 0.1) is 12.6 Å². The minimum atomic E-state index is -0.159. The molecule has 1 aromatic rings. The number of aryl methyl sites for hydroxylation is 2. The summed E-state index contributed by atoms with van der Waals surface area (Å²) < 4.78 is 0. The first-order valence-corrected chi connectivity index (χ1v) is 5.42. The van der Waals surface area contributed by atoms with Gasteiger partial charge in [0.2, 0.25) is 0 Å². The highest BCUT2D eigenvalue weighted by Gasteiger charge is 2.18. The van der Waals surface area contributed by atoms with Gasteiger partial charge in [-0.2, -0.15) is 0 Å². The van der Waals surface area contributed by atoms with Crippen molar-refractivity contribution in [1.82, 2.24) is 4.90 Å². The number of nitrogens with zero attached hydrogens (tertiary/aromatic N) is 1. The Hall–Kier alpha value is -1.35. The largest absolute Gasteiger partial charge is 0.394 e. The van der Waals surface area contributed by atoms with Crippen molar-refractivity contribution in [2.24, 2.45) is 0 Å². The van der Waals surface area contributed by atoms with E-state index in [1.54, 1.807) is 11.9 Å². The van der Waals surface area contributed by atoms with Crippen LogP contribution < -0.4 is 0 Å². The van der Waals surface area contributed by atoms with Gasteiger partial charge in [0.15, 0.2) is 0 Å². The SMILES string of the molecule is Cc1ccc(C(=O)N(C)C(C)CO)c(C)c1.